The summed E-state index contributed by atoms with van der Waals surface area (Å²) in [7, 11) is 0. The highest BCUT2D eigenvalue weighted by Crippen LogP contribution is 2.01. The fraction of sp³-hybridized carbons (Fsp3) is 0.273. The van der Waals surface area contributed by atoms with E-state index < -0.39 is 11.8 Å². The molecule has 1 heterocycles. The van der Waals surface area contributed by atoms with E-state index in [4.69, 9.17) is 0 Å². The Morgan fingerprint density at radius 1 is 1.67 bits per heavy atom. The highest BCUT2D eigenvalue weighted by atomic mass is 19.1. The van der Waals surface area contributed by atoms with Crippen molar-refractivity contribution in [2.75, 3.05) is 6.61 Å². The summed E-state index contributed by atoms with van der Waals surface area (Å²) < 4.78 is 17.6. The van der Waals surface area contributed by atoms with Crippen LogP contribution >= 0.6 is 0 Å². The highest BCUT2D eigenvalue weighted by Gasteiger charge is 1.98. The average Bonchev–Trinajstić information content (AvgIpc) is 2.21. The molecule has 0 aliphatic heterocycles. The van der Waals surface area contributed by atoms with E-state index in [1.807, 2.05) is 0 Å². The standard InChI is InChI=1S/C11H10FNO2/c1-2-15-11(14)5-3-4-9-6-7-13-8-10(9)12/h6-8H,2,5H2,1H3. The van der Waals surface area contributed by atoms with Gasteiger partial charge >= 0.3 is 5.97 Å². The maximum atomic E-state index is 13.0. The Morgan fingerprint density at radius 2 is 2.47 bits per heavy atom. The maximum absolute atomic E-state index is 13.0. The largest absolute Gasteiger partial charge is 0.465 e. The van der Waals surface area contributed by atoms with Crippen LogP contribution in [0.2, 0.25) is 0 Å². The number of halogens is 1. The topological polar surface area (TPSA) is 39.2 Å². The summed E-state index contributed by atoms with van der Waals surface area (Å²) in [5, 5.41) is 0. The fourth-order valence-corrected chi connectivity index (χ4v) is 0.900. The molecule has 0 bridgehead atoms. The van der Waals surface area contributed by atoms with Crippen molar-refractivity contribution in [3.05, 3.63) is 29.8 Å². The molecule has 0 aliphatic rings. The Bertz CT molecular complexity index is 407. The van der Waals surface area contributed by atoms with Gasteiger partial charge in [-0.2, -0.15) is 0 Å². The average molecular weight is 207 g/mol. The van der Waals surface area contributed by atoms with Gasteiger partial charge in [0, 0.05) is 6.20 Å². The molecule has 1 aromatic rings. The summed E-state index contributed by atoms with van der Waals surface area (Å²) in [4.78, 5) is 14.5. The van der Waals surface area contributed by atoms with Crippen LogP contribution in [-0.2, 0) is 9.53 Å². The summed E-state index contributed by atoms with van der Waals surface area (Å²) in [5.41, 5.74) is 0.231. The molecule has 0 aromatic carbocycles. The van der Waals surface area contributed by atoms with Crippen molar-refractivity contribution in [1.29, 1.82) is 0 Å². The fourth-order valence-electron chi connectivity index (χ4n) is 0.900. The van der Waals surface area contributed by atoms with Crippen molar-refractivity contribution in [2.45, 2.75) is 13.3 Å². The first kappa shape index (κ1) is 11.2. The Kier molecular flexibility index (Phi) is 4.30. The smallest absolute Gasteiger partial charge is 0.317 e. The Hall–Kier alpha value is -1.89. The molecule has 0 aliphatic carbocycles. The minimum atomic E-state index is -0.492. The molecule has 15 heavy (non-hydrogen) atoms. The van der Waals surface area contributed by atoms with Crippen LogP contribution < -0.4 is 0 Å². The predicted molar refractivity (Wildman–Crippen MR) is 52.3 cm³/mol. The van der Waals surface area contributed by atoms with E-state index in [2.05, 4.69) is 21.6 Å². The number of esters is 1. The number of hydrogen-bond donors (Lipinski definition) is 0. The summed E-state index contributed by atoms with van der Waals surface area (Å²) in [6.45, 7) is 2.04. The van der Waals surface area contributed by atoms with E-state index in [9.17, 15) is 9.18 Å². The lowest BCUT2D eigenvalue weighted by atomic mass is 10.2. The van der Waals surface area contributed by atoms with E-state index in [-0.39, 0.29) is 12.0 Å². The third-order valence-electron chi connectivity index (χ3n) is 1.53. The predicted octanol–water partition coefficient (Wildman–Crippen LogP) is 1.53. The quantitative estimate of drug-likeness (QED) is 0.545. The third kappa shape index (κ3) is 3.77. The number of carbonyl (C=O) groups excluding carboxylic acids is 1. The molecule has 0 radical (unpaired) electrons. The monoisotopic (exact) mass is 207 g/mol. The SMILES string of the molecule is CCOC(=O)CC#Cc1ccncc1F. The zero-order valence-electron chi connectivity index (χ0n) is 8.29. The molecule has 0 atom stereocenters. The first-order valence-corrected chi connectivity index (χ1v) is 4.48. The van der Waals surface area contributed by atoms with Crippen LogP contribution in [0.4, 0.5) is 4.39 Å². The van der Waals surface area contributed by atoms with Gasteiger partial charge in [0.05, 0.1) is 18.4 Å². The van der Waals surface area contributed by atoms with Gasteiger partial charge in [0.1, 0.15) is 6.42 Å². The number of rotatable bonds is 2. The number of carbonyl (C=O) groups is 1. The molecule has 0 spiro atoms. The van der Waals surface area contributed by atoms with Gasteiger partial charge in [0.25, 0.3) is 0 Å². The van der Waals surface area contributed by atoms with Gasteiger partial charge in [0.2, 0.25) is 0 Å². The van der Waals surface area contributed by atoms with Crippen LogP contribution in [0.3, 0.4) is 0 Å². The summed E-state index contributed by atoms with van der Waals surface area (Å²) in [5.74, 6) is 4.18. The Morgan fingerprint density at radius 3 is 3.13 bits per heavy atom. The lowest BCUT2D eigenvalue weighted by molar-refractivity contribution is -0.141. The zero-order valence-corrected chi connectivity index (χ0v) is 8.29. The van der Waals surface area contributed by atoms with Crippen molar-refractivity contribution in [3.8, 4) is 11.8 Å². The molecule has 0 amide bonds. The molecule has 0 saturated heterocycles. The molecule has 1 aromatic heterocycles. The summed E-state index contributed by atoms with van der Waals surface area (Å²) in [6, 6.07) is 1.45. The van der Waals surface area contributed by atoms with Crippen LogP contribution in [0, 0.1) is 17.7 Å². The molecule has 0 saturated carbocycles. The van der Waals surface area contributed by atoms with E-state index in [0.717, 1.165) is 6.20 Å². The highest BCUT2D eigenvalue weighted by molar-refractivity contribution is 5.72. The van der Waals surface area contributed by atoms with Gasteiger partial charge in [-0.25, -0.2) is 4.39 Å². The Balaban J connectivity index is 2.59. The van der Waals surface area contributed by atoms with Gasteiger partial charge in [-0.3, -0.25) is 9.78 Å². The van der Waals surface area contributed by atoms with Gasteiger partial charge in [0.15, 0.2) is 5.82 Å². The zero-order chi connectivity index (χ0) is 11.1. The van der Waals surface area contributed by atoms with Crippen molar-refractivity contribution in [1.82, 2.24) is 4.98 Å². The molecule has 78 valence electrons. The summed E-state index contributed by atoms with van der Waals surface area (Å²) >= 11 is 0. The van der Waals surface area contributed by atoms with Crippen LogP contribution in [0.5, 0.6) is 0 Å². The second-order valence-electron chi connectivity index (χ2n) is 2.64. The molecule has 3 nitrogen and oxygen atoms in total. The number of nitrogens with zero attached hydrogens (tertiary/aromatic N) is 1. The summed E-state index contributed by atoms with van der Waals surface area (Å²) in [6.07, 6.45) is 2.49. The number of hydrogen-bond acceptors (Lipinski definition) is 3. The van der Waals surface area contributed by atoms with E-state index in [1.54, 1.807) is 6.92 Å². The number of ether oxygens (including phenoxy) is 1. The van der Waals surface area contributed by atoms with Gasteiger partial charge in [-0.1, -0.05) is 11.8 Å². The lowest BCUT2D eigenvalue weighted by Crippen LogP contribution is -2.01. The van der Waals surface area contributed by atoms with Gasteiger partial charge in [-0.05, 0) is 13.0 Å². The van der Waals surface area contributed by atoms with Crippen LogP contribution in [-0.4, -0.2) is 17.6 Å². The van der Waals surface area contributed by atoms with Gasteiger partial charge < -0.3 is 4.74 Å². The van der Waals surface area contributed by atoms with E-state index in [1.165, 1.54) is 12.3 Å². The minimum absolute atomic E-state index is 0.0321. The molecular weight excluding hydrogens is 197 g/mol. The molecule has 0 fully saturated rings. The van der Waals surface area contributed by atoms with Crippen molar-refractivity contribution in [3.63, 3.8) is 0 Å². The molecule has 4 heteroatoms. The second-order valence-corrected chi connectivity index (χ2v) is 2.64. The molecule has 0 N–H and O–H groups in total. The Labute approximate surface area is 87.3 Å². The minimum Gasteiger partial charge on any atom is -0.465 e. The molecule has 1 rings (SSSR count). The van der Waals surface area contributed by atoms with Crippen LogP contribution in [0.25, 0.3) is 0 Å². The normalized spacial score (nSPS) is 8.93. The second kappa shape index (κ2) is 5.76. The van der Waals surface area contributed by atoms with E-state index >= 15 is 0 Å². The third-order valence-corrected chi connectivity index (χ3v) is 1.53. The lowest BCUT2D eigenvalue weighted by Gasteiger charge is -1.95. The van der Waals surface area contributed by atoms with E-state index in [0.29, 0.717) is 6.61 Å². The molecule has 0 unspecified atom stereocenters. The van der Waals surface area contributed by atoms with Crippen molar-refractivity contribution < 1.29 is 13.9 Å². The molecular formula is C11H10FNO2. The first-order valence-electron chi connectivity index (χ1n) is 4.48. The van der Waals surface area contributed by atoms with Crippen LogP contribution in [0.1, 0.15) is 18.9 Å². The first-order chi connectivity index (χ1) is 7.24. The number of pyridine rings is 1. The van der Waals surface area contributed by atoms with Crippen molar-refractivity contribution in [2.24, 2.45) is 0 Å². The maximum Gasteiger partial charge on any atom is 0.317 e. The van der Waals surface area contributed by atoms with Crippen LogP contribution in [0.15, 0.2) is 18.5 Å². The van der Waals surface area contributed by atoms with Gasteiger partial charge in [-0.15, -0.1) is 0 Å². The van der Waals surface area contributed by atoms with Crippen molar-refractivity contribution >= 4 is 5.97 Å². The number of aromatic nitrogens is 1.